The summed E-state index contributed by atoms with van der Waals surface area (Å²) in [5.41, 5.74) is 8.07. The van der Waals surface area contributed by atoms with Gasteiger partial charge in [-0.15, -0.1) is 0 Å². The minimum atomic E-state index is -0.405. The third-order valence-corrected chi connectivity index (χ3v) is 3.52. The number of nitrogens with one attached hydrogen (secondary N) is 2. The quantitative estimate of drug-likeness (QED) is 0.752. The van der Waals surface area contributed by atoms with Crippen molar-refractivity contribution in [3.8, 4) is 0 Å². The Balaban J connectivity index is 1.74. The first-order valence-electron chi connectivity index (χ1n) is 7.02. The molecule has 1 saturated heterocycles. The number of hydrogen-bond donors (Lipinski definition) is 3. The van der Waals surface area contributed by atoms with E-state index in [4.69, 9.17) is 10.5 Å². The van der Waals surface area contributed by atoms with E-state index >= 15 is 0 Å². The van der Waals surface area contributed by atoms with Crippen LogP contribution in [0.4, 0.5) is 0 Å². The third-order valence-electron chi connectivity index (χ3n) is 3.52. The molecule has 5 nitrogen and oxygen atoms in total. The van der Waals surface area contributed by atoms with Gasteiger partial charge in [0.25, 0.3) is 0 Å². The second-order valence-electron chi connectivity index (χ2n) is 5.06. The summed E-state index contributed by atoms with van der Waals surface area (Å²) in [7, 11) is 0. The molecule has 3 rings (SSSR count). The lowest BCUT2D eigenvalue weighted by molar-refractivity contribution is 0.0825. The number of hydrogen-bond acceptors (Lipinski definition) is 5. The van der Waals surface area contributed by atoms with Crippen LogP contribution in [0, 0.1) is 0 Å². The van der Waals surface area contributed by atoms with Gasteiger partial charge in [0.05, 0.1) is 0 Å². The minimum Gasteiger partial charge on any atom is -0.381 e. The number of nitrogens with two attached hydrogens (primary N) is 1. The molecule has 0 amide bonds. The minimum absolute atomic E-state index is 0.405. The van der Waals surface area contributed by atoms with Crippen molar-refractivity contribution >= 4 is 11.5 Å². The number of ether oxygens (including phenoxy) is 1. The second kappa shape index (κ2) is 6.07. The molecule has 0 saturated carbocycles. The first-order valence-corrected chi connectivity index (χ1v) is 7.02. The van der Waals surface area contributed by atoms with Crippen molar-refractivity contribution in [2.45, 2.75) is 25.2 Å². The van der Waals surface area contributed by atoms with Crippen molar-refractivity contribution in [1.29, 1.82) is 0 Å². The van der Waals surface area contributed by atoms with Crippen LogP contribution in [0.15, 0.2) is 41.4 Å². The van der Waals surface area contributed by atoms with Crippen LogP contribution in [-0.4, -0.2) is 31.4 Å². The van der Waals surface area contributed by atoms with Crippen molar-refractivity contribution in [2.75, 3.05) is 13.2 Å². The average Bonchev–Trinajstić information content (AvgIpc) is 2.49. The Morgan fingerprint density at radius 2 is 1.95 bits per heavy atom. The Bertz CT molecular complexity index is 506. The summed E-state index contributed by atoms with van der Waals surface area (Å²) in [6.07, 6.45) is 3.64. The van der Waals surface area contributed by atoms with Gasteiger partial charge in [-0.25, -0.2) is 4.99 Å². The Labute approximate surface area is 118 Å². The summed E-state index contributed by atoms with van der Waals surface area (Å²) in [6, 6.07) is 10.6. The van der Waals surface area contributed by atoms with Crippen LogP contribution in [-0.2, 0) is 4.74 Å². The predicted molar refractivity (Wildman–Crippen MR) is 79.9 cm³/mol. The van der Waals surface area contributed by atoms with E-state index < -0.39 is 6.29 Å². The smallest absolute Gasteiger partial charge is 0.173 e. The maximum atomic E-state index is 5.95. The molecular formula is C15H20N4O. The molecule has 0 spiro atoms. The Kier molecular flexibility index (Phi) is 3.99. The van der Waals surface area contributed by atoms with E-state index in [0.717, 1.165) is 43.2 Å². The van der Waals surface area contributed by atoms with Crippen LogP contribution in [0.2, 0.25) is 0 Å². The fourth-order valence-corrected chi connectivity index (χ4v) is 2.47. The molecule has 1 atom stereocenters. The standard InChI is InChI=1S/C15H20N4O/c16-15-18-13(11-4-2-1-3-5-11)10-14(19-15)17-12-6-8-20-9-7-12/h1-5,10,12,15,18H,6-9,16H2,(H,17,19). The predicted octanol–water partition coefficient (Wildman–Crippen LogP) is 1.04. The molecule has 2 aliphatic rings. The van der Waals surface area contributed by atoms with Crippen molar-refractivity contribution < 1.29 is 4.74 Å². The zero-order valence-corrected chi connectivity index (χ0v) is 11.4. The molecule has 20 heavy (non-hydrogen) atoms. The average molecular weight is 272 g/mol. The highest BCUT2D eigenvalue weighted by Gasteiger charge is 2.18. The summed E-state index contributed by atoms with van der Waals surface area (Å²) in [5, 5.41) is 6.65. The maximum absolute atomic E-state index is 5.95. The van der Waals surface area contributed by atoms with Gasteiger partial charge in [-0.3, -0.25) is 5.73 Å². The zero-order valence-electron chi connectivity index (χ0n) is 11.4. The topological polar surface area (TPSA) is 71.7 Å². The van der Waals surface area contributed by atoms with Crippen LogP contribution in [0.5, 0.6) is 0 Å². The molecule has 1 unspecified atom stereocenters. The van der Waals surface area contributed by atoms with Gasteiger partial charge in [0, 0.05) is 31.0 Å². The molecule has 4 N–H and O–H groups in total. The molecule has 0 bridgehead atoms. The van der Waals surface area contributed by atoms with E-state index in [2.05, 4.69) is 27.8 Å². The van der Waals surface area contributed by atoms with Crippen molar-refractivity contribution in [3.05, 3.63) is 42.0 Å². The summed E-state index contributed by atoms with van der Waals surface area (Å²) in [5.74, 6) is 0.849. The van der Waals surface area contributed by atoms with Crippen molar-refractivity contribution in [2.24, 2.45) is 10.7 Å². The molecule has 2 heterocycles. The monoisotopic (exact) mass is 272 g/mol. The van der Waals surface area contributed by atoms with E-state index in [9.17, 15) is 0 Å². The van der Waals surface area contributed by atoms with E-state index in [0.29, 0.717) is 6.04 Å². The number of rotatable bonds is 2. The molecule has 5 heteroatoms. The molecule has 0 aliphatic carbocycles. The highest BCUT2D eigenvalue weighted by atomic mass is 16.5. The van der Waals surface area contributed by atoms with Gasteiger partial charge in [0.2, 0.25) is 0 Å². The highest BCUT2D eigenvalue weighted by molar-refractivity contribution is 6.00. The molecule has 0 aromatic heterocycles. The number of nitrogens with zero attached hydrogens (tertiary/aromatic N) is 1. The van der Waals surface area contributed by atoms with E-state index in [1.165, 1.54) is 0 Å². The van der Waals surface area contributed by atoms with Gasteiger partial charge < -0.3 is 15.4 Å². The van der Waals surface area contributed by atoms with Crippen LogP contribution in [0.25, 0.3) is 5.70 Å². The summed E-state index contributed by atoms with van der Waals surface area (Å²) in [4.78, 5) is 4.41. The third kappa shape index (κ3) is 3.18. The Hall–Kier alpha value is -1.85. The Morgan fingerprint density at radius 3 is 2.70 bits per heavy atom. The van der Waals surface area contributed by atoms with Gasteiger partial charge in [-0.1, -0.05) is 30.3 Å². The van der Waals surface area contributed by atoms with Gasteiger partial charge >= 0.3 is 0 Å². The van der Waals surface area contributed by atoms with Crippen LogP contribution < -0.4 is 16.4 Å². The van der Waals surface area contributed by atoms with E-state index in [1.54, 1.807) is 0 Å². The summed E-state index contributed by atoms with van der Waals surface area (Å²) in [6.45, 7) is 1.62. The maximum Gasteiger partial charge on any atom is 0.173 e. The lowest BCUT2D eigenvalue weighted by atomic mass is 10.1. The normalized spacial score (nSPS) is 23.6. The first kappa shape index (κ1) is 13.1. The summed E-state index contributed by atoms with van der Waals surface area (Å²) >= 11 is 0. The molecule has 106 valence electrons. The lowest BCUT2D eigenvalue weighted by Gasteiger charge is -2.27. The number of amidine groups is 1. The highest BCUT2D eigenvalue weighted by Crippen LogP contribution is 2.15. The van der Waals surface area contributed by atoms with E-state index in [-0.39, 0.29) is 0 Å². The molecule has 0 radical (unpaired) electrons. The summed E-state index contributed by atoms with van der Waals surface area (Å²) < 4.78 is 5.37. The fraction of sp³-hybridized carbons (Fsp3) is 0.400. The molecule has 1 aromatic rings. The van der Waals surface area contributed by atoms with Crippen LogP contribution in [0.3, 0.4) is 0 Å². The zero-order chi connectivity index (χ0) is 13.8. The van der Waals surface area contributed by atoms with Crippen molar-refractivity contribution in [3.63, 3.8) is 0 Å². The van der Waals surface area contributed by atoms with Gasteiger partial charge in [-0.2, -0.15) is 0 Å². The number of benzene rings is 1. The van der Waals surface area contributed by atoms with Crippen LogP contribution >= 0.6 is 0 Å². The van der Waals surface area contributed by atoms with Gasteiger partial charge in [0.15, 0.2) is 6.29 Å². The largest absolute Gasteiger partial charge is 0.381 e. The number of aliphatic imine (C=N–C) groups is 1. The second-order valence-corrected chi connectivity index (χ2v) is 5.06. The lowest BCUT2D eigenvalue weighted by Crippen LogP contribution is -2.44. The molecule has 1 aromatic carbocycles. The van der Waals surface area contributed by atoms with E-state index in [1.807, 2.05) is 24.3 Å². The first-order chi connectivity index (χ1) is 9.81. The van der Waals surface area contributed by atoms with Crippen LogP contribution in [0.1, 0.15) is 18.4 Å². The fourth-order valence-electron chi connectivity index (χ4n) is 2.47. The Morgan fingerprint density at radius 1 is 1.20 bits per heavy atom. The molecular weight excluding hydrogens is 252 g/mol. The van der Waals surface area contributed by atoms with Crippen molar-refractivity contribution in [1.82, 2.24) is 10.6 Å². The molecule has 2 aliphatic heterocycles. The van der Waals surface area contributed by atoms with Gasteiger partial charge in [-0.05, 0) is 18.4 Å². The molecule has 1 fully saturated rings. The van der Waals surface area contributed by atoms with Gasteiger partial charge in [0.1, 0.15) is 5.84 Å². The SMILES string of the molecule is NC1N=C(NC2CCOCC2)C=C(c2ccccc2)N1.